The monoisotopic (exact) mass is 435 g/mol. The van der Waals surface area contributed by atoms with E-state index < -0.39 is 5.82 Å². The first-order chi connectivity index (χ1) is 14.4. The summed E-state index contributed by atoms with van der Waals surface area (Å²) in [7, 11) is 0. The Morgan fingerprint density at radius 3 is 2.70 bits per heavy atom. The molecule has 7 nitrogen and oxygen atoms in total. The maximum Gasteiger partial charge on any atom is 0.258 e. The highest BCUT2D eigenvalue weighted by Crippen LogP contribution is 2.48. The first-order valence-electron chi connectivity index (χ1n) is 10.0. The number of hydrogen-bond acceptors (Lipinski definition) is 5. The lowest BCUT2D eigenvalue weighted by Gasteiger charge is -2.59. The predicted octanol–water partition coefficient (Wildman–Crippen LogP) is 2.28. The molecule has 1 aromatic rings. The van der Waals surface area contributed by atoms with E-state index in [4.69, 9.17) is 26.3 Å². The van der Waals surface area contributed by atoms with E-state index in [0.717, 1.165) is 18.9 Å². The smallest absolute Gasteiger partial charge is 0.258 e. The van der Waals surface area contributed by atoms with Gasteiger partial charge in [-0.15, -0.1) is 0 Å². The lowest BCUT2D eigenvalue weighted by Crippen LogP contribution is -2.68. The summed E-state index contributed by atoms with van der Waals surface area (Å²) in [6.07, 6.45) is 3.11. The number of halogens is 2. The van der Waals surface area contributed by atoms with Crippen molar-refractivity contribution in [3.8, 4) is 11.8 Å². The van der Waals surface area contributed by atoms with Crippen LogP contribution in [0.15, 0.2) is 18.2 Å². The molecule has 4 rings (SSSR count). The van der Waals surface area contributed by atoms with Crippen LogP contribution in [0.2, 0.25) is 5.02 Å². The van der Waals surface area contributed by atoms with Crippen LogP contribution in [0.4, 0.5) is 4.39 Å². The Morgan fingerprint density at radius 2 is 2.03 bits per heavy atom. The molecule has 0 radical (unpaired) electrons. The summed E-state index contributed by atoms with van der Waals surface area (Å²) in [4.78, 5) is 26.0. The van der Waals surface area contributed by atoms with Crippen molar-refractivity contribution in [2.24, 2.45) is 11.3 Å². The van der Waals surface area contributed by atoms with Gasteiger partial charge in [0.2, 0.25) is 5.91 Å². The molecule has 3 aliphatic rings. The quantitative estimate of drug-likeness (QED) is 0.709. The normalized spacial score (nSPS) is 24.2. The molecule has 0 atom stereocenters. The average molecular weight is 436 g/mol. The van der Waals surface area contributed by atoms with Crippen LogP contribution in [0.25, 0.3) is 0 Å². The van der Waals surface area contributed by atoms with Crippen LogP contribution < -0.4 is 10.1 Å². The van der Waals surface area contributed by atoms with E-state index in [0.29, 0.717) is 25.9 Å². The lowest BCUT2D eigenvalue weighted by atomic mass is 9.60. The number of ether oxygens (including phenoxy) is 2. The van der Waals surface area contributed by atoms with Crippen molar-refractivity contribution in [3.63, 3.8) is 0 Å². The van der Waals surface area contributed by atoms with Crippen LogP contribution in [0.5, 0.6) is 5.75 Å². The maximum atomic E-state index is 13.4. The zero-order chi connectivity index (χ0) is 21.3. The summed E-state index contributed by atoms with van der Waals surface area (Å²) in [5.74, 6) is -0.557. The van der Waals surface area contributed by atoms with Crippen LogP contribution in [-0.4, -0.2) is 55.2 Å². The molecule has 1 aliphatic heterocycles. The van der Waals surface area contributed by atoms with Crippen LogP contribution in [-0.2, 0) is 14.3 Å². The van der Waals surface area contributed by atoms with Crippen molar-refractivity contribution >= 4 is 23.4 Å². The second-order valence-electron chi connectivity index (χ2n) is 8.52. The first-order valence-corrected chi connectivity index (χ1v) is 10.4. The largest absolute Gasteiger partial charge is 0.484 e. The molecule has 2 aliphatic carbocycles. The minimum absolute atomic E-state index is 0.00169. The number of rotatable bonds is 7. The molecule has 0 unspecified atom stereocenters. The van der Waals surface area contributed by atoms with Crippen LogP contribution in [0.1, 0.15) is 25.7 Å². The van der Waals surface area contributed by atoms with E-state index in [2.05, 4.69) is 11.4 Å². The van der Waals surface area contributed by atoms with Gasteiger partial charge in [0.05, 0.1) is 23.1 Å². The number of benzene rings is 1. The third kappa shape index (κ3) is 4.52. The molecule has 0 aromatic heterocycles. The third-order valence-corrected chi connectivity index (χ3v) is 6.42. The van der Waals surface area contributed by atoms with Gasteiger partial charge in [0.1, 0.15) is 18.2 Å². The zero-order valence-corrected chi connectivity index (χ0v) is 17.2. The molecule has 1 aromatic carbocycles. The number of nitrogens with zero attached hydrogens (tertiary/aromatic N) is 2. The van der Waals surface area contributed by atoms with Gasteiger partial charge in [-0.05, 0) is 37.8 Å². The Bertz CT molecular complexity index is 869. The first kappa shape index (κ1) is 20.9. The van der Waals surface area contributed by atoms with Gasteiger partial charge in [0, 0.05) is 30.6 Å². The highest BCUT2D eigenvalue weighted by molar-refractivity contribution is 6.30. The number of nitrogens with one attached hydrogen (secondary N) is 1. The highest BCUT2D eigenvalue weighted by Gasteiger charge is 2.53. The molecule has 1 N–H and O–H groups in total. The van der Waals surface area contributed by atoms with Gasteiger partial charge in [-0.1, -0.05) is 11.6 Å². The number of hydrogen-bond donors (Lipinski definition) is 1. The fourth-order valence-corrected chi connectivity index (χ4v) is 4.48. The van der Waals surface area contributed by atoms with Crippen LogP contribution in [0.3, 0.4) is 0 Å². The fraction of sp³-hybridized carbons (Fsp3) is 0.571. The Hall–Kier alpha value is -2.37. The Morgan fingerprint density at radius 1 is 1.30 bits per heavy atom. The van der Waals surface area contributed by atoms with Gasteiger partial charge in [-0.3, -0.25) is 9.59 Å². The van der Waals surface area contributed by atoms with Crippen molar-refractivity contribution in [1.29, 1.82) is 5.26 Å². The summed E-state index contributed by atoms with van der Waals surface area (Å²) < 4.78 is 24.2. The third-order valence-electron chi connectivity index (χ3n) is 6.11. The van der Waals surface area contributed by atoms with Gasteiger partial charge in [0.25, 0.3) is 5.91 Å². The minimum atomic E-state index is -0.593. The van der Waals surface area contributed by atoms with Gasteiger partial charge >= 0.3 is 0 Å². The van der Waals surface area contributed by atoms with E-state index in [-0.39, 0.29) is 59.3 Å². The van der Waals surface area contributed by atoms with E-state index in [9.17, 15) is 14.0 Å². The zero-order valence-electron chi connectivity index (χ0n) is 16.4. The average Bonchev–Trinajstić information content (AvgIpc) is 2.62. The van der Waals surface area contributed by atoms with Crippen molar-refractivity contribution in [3.05, 3.63) is 29.0 Å². The minimum Gasteiger partial charge on any atom is -0.484 e. The molecule has 0 bridgehead atoms. The van der Waals surface area contributed by atoms with Crippen LogP contribution in [0, 0.1) is 28.5 Å². The summed E-state index contributed by atoms with van der Waals surface area (Å²) in [5, 5.41) is 11.7. The van der Waals surface area contributed by atoms with Gasteiger partial charge in [-0.2, -0.15) is 5.26 Å². The summed E-state index contributed by atoms with van der Waals surface area (Å²) >= 11 is 5.61. The molecule has 1 saturated heterocycles. The van der Waals surface area contributed by atoms with Crippen LogP contribution >= 0.6 is 11.6 Å². The lowest BCUT2D eigenvalue weighted by molar-refractivity contribution is -0.161. The topological polar surface area (TPSA) is 91.7 Å². The number of amides is 2. The highest BCUT2D eigenvalue weighted by atomic mass is 35.5. The maximum absolute atomic E-state index is 13.4. The molecular formula is C21H23ClFN3O4. The van der Waals surface area contributed by atoms with E-state index in [1.165, 1.54) is 12.1 Å². The summed E-state index contributed by atoms with van der Waals surface area (Å²) in [6, 6.07) is 6.29. The van der Waals surface area contributed by atoms with E-state index in [1.54, 1.807) is 4.90 Å². The molecule has 30 heavy (non-hydrogen) atoms. The standard InChI is InChI=1S/C21H23ClFN3O4/c22-17-2-1-15(5-18(17)23)29-9-19(27)25-14-6-21(7-14)11-26(12-21)20(28)10-30-16-3-13(4-16)8-24/h1-2,5,13-14,16H,3-4,6-7,9-12H2,(H,25,27). The molecule has 2 amide bonds. The number of nitriles is 1. The molecule has 3 fully saturated rings. The van der Waals surface area contributed by atoms with Gasteiger partial charge < -0.3 is 19.7 Å². The molecule has 9 heteroatoms. The van der Waals surface area contributed by atoms with Gasteiger partial charge in [-0.25, -0.2) is 4.39 Å². The van der Waals surface area contributed by atoms with E-state index in [1.807, 2.05) is 0 Å². The van der Waals surface area contributed by atoms with Crippen molar-refractivity contribution in [2.75, 3.05) is 26.3 Å². The number of likely N-dealkylation sites (tertiary alicyclic amines) is 1. The molecule has 160 valence electrons. The fourth-order valence-electron chi connectivity index (χ4n) is 4.36. The predicted molar refractivity (Wildman–Crippen MR) is 105 cm³/mol. The molecule has 1 spiro atoms. The Balaban J connectivity index is 1.10. The number of carbonyl (C=O) groups is 2. The summed E-state index contributed by atoms with van der Waals surface area (Å²) in [5.41, 5.74) is 0.0934. The number of carbonyl (C=O) groups excluding carboxylic acids is 2. The van der Waals surface area contributed by atoms with Crippen molar-refractivity contribution in [2.45, 2.75) is 37.8 Å². The molecule has 1 heterocycles. The Kier molecular flexibility index (Phi) is 5.85. The van der Waals surface area contributed by atoms with Crippen molar-refractivity contribution < 1.29 is 23.5 Å². The Labute approximate surface area is 179 Å². The van der Waals surface area contributed by atoms with Crippen molar-refractivity contribution in [1.82, 2.24) is 10.2 Å². The summed E-state index contributed by atoms with van der Waals surface area (Å²) in [6.45, 7) is 1.25. The SMILES string of the molecule is N#CC1CC(OCC(=O)N2CC3(CC(NC(=O)COc4ccc(Cl)c(F)c4)C3)C2)C1. The second-order valence-corrected chi connectivity index (χ2v) is 8.92. The molecular weight excluding hydrogens is 413 g/mol. The van der Waals surface area contributed by atoms with E-state index >= 15 is 0 Å². The molecule has 2 saturated carbocycles. The second kappa shape index (κ2) is 8.40. The van der Waals surface area contributed by atoms with Gasteiger partial charge in [0.15, 0.2) is 6.61 Å².